The number of sulfonamides is 1. The van der Waals surface area contributed by atoms with Crippen LogP contribution in [-0.2, 0) is 10.0 Å². The van der Waals surface area contributed by atoms with Gasteiger partial charge in [0.2, 0.25) is 0 Å². The zero-order chi connectivity index (χ0) is 15.6. The number of carboxylic acids is 1. The Morgan fingerprint density at radius 2 is 1.81 bits per heavy atom. The molecule has 0 heterocycles. The van der Waals surface area contributed by atoms with E-state index in [4.69, 9.17) is 5.11 Å². The molecule has 0 radical (unpaired) electrons. The summed E-state index contributed by atoms with van der Waals surface area (Å²) in [6.45, 7) is 0. The Morgan fingerprint density at radius 1 is 1.14 bits per heavy atom. The average molecular weight is 311 g/mol. The third-order valence-corrected chi connectivity index (χ3v) is 4.02. The molecule has 0 amide bonds. The molecule has 0 atom stereocenters. The number of benzene rings is 2. The molecule has 0 aliphatic rings. The summed E-state index contributed by atoms with van der Waals surface area (Å²) >= 11 is 0. The predicted octanol–water partition coefficient (Wildman–Crippen LogP) is 2.03. The molecule has 0 spiro atoms. The highest BCUT2D eigenvalue weighted by Gasteiger charge is 2.19. The molecular weight excluding hydrogens is 301 g/mol. The van der Waals surface area contributed by atoms with E-state index in [1.54, 1.807) is 0 Å². The summed E-state index contributed by atoms with van der Waals surface area (Å²) in [4.78, 5) is 10.2. The van der Waals surface area contributed by atoms with E-state index in [-0.39, 0.29) is 11.3 Å². The number of phenols is 1. The van der Waals surface area contributed by atoms with Crippen LogP contribution in [0.15, 0.2) is 47.4 Å². The molecule has 2 rings (SSSR count). The van der Waals surface area contributed by atoms with Crippen molar-refractivity contribution in [1.82, 2.24) is 0 Å². The fourth-order valence-corrected chi connectivity index (χ4v) is 2.78. The summed E-state index contributed by atoms with van der Waals surface area (Å²) in [7, 11) is -4.18. The molecule has 3 N–H and O–H groups in total. The monoisotopic (exact) mass is 311 g/mol. The van der Waals surface area contributed by atoms with Gasteiger partial charge in [-0.1, -0.05) is 12.1 Å². The van der Waals surface area contributed by atoms with Gasteiger partial charge in [-0.25, -0.2) is 17.6 Å². The van der Waals surface area contributed by atoms with Crippen molar-refractivity contribution in [3.05, 3.63) is 53.8 Å². The van der Waals surface area contributed by atoms with E-state index in [9.17, 15) is 22.7 Å². The maximum absolute atomic E-state index is 13.5. The van der Waals surface area contributed by atoms with Crippen molar-refractivity contribution in [1.29, 1.82) is 0 Å². The zero-order valence-corrected chi connectivity index (χ0v) is 11.3. The Labute approximate surface area is 119 Å². The van der Waals surface area contributed by atoms with Crippen LogP contribution in [0.5, 0.6) is 5.75 Å². The Bertz CT molecular complexity index is 804. The number of rotatable bonds is 4. The number of nitrogens with one attached hydrogen (secondary N) is 1. The Morgan fingerprint density at radius 3 is 2.38 bits per heavy atom. The molecule has 0 aliphatic heterocycles. The van der Waals surface area contributed by atoms with Gasteiger partial charge in [0.1, 0.15) is 22.0 Å². The number of aromatic carboxylic acids is 1. The van der Waals surface area contributed by atoms with Crippen molar-refractivity contribution in [3.63, 3.8) is 0 Å². The smallest absolute Gasteiger partial charge is 0.339 e. The number of hydrogen-bond donors (Lipinski definition) is 3. The Hall–Kier alpha value is -2.61. The average Bonchev–Trinajstić information content (AvgIpc) is 2.38. The number of hydrogen-bond acceptors (Lipinski definition) is 4. The van der Waals surface area contributed by atoms with Crippen LogP contribution in [0.1, 0.15) is 10.4 Å². The van der Waals surface area contributed by atoms with Crippen molar-refractivity contribution in [2.75, 3.05) is 4.72 Å². The SMILES string of the molecule is O=C(O)c1ccc(NS(=O)(=O)c2ccccc2F)cc1O. The number of carboxylic acid groups (broad SMARTS) is 1. The lowest BCUT2D eigenvalue weighted by atomic mass is 10.2. The van der Waals surface area contributed by atoms with Crippen LogP contribution in [0.2, 0.25) is 0 Å². The topological polar surface area (TPSA) is 104 Å². The van der Waals surface area contributed by atoms with Crippen LogP contribution >= 0.6 is 0 Å². The minimum absolute atomic E-state index is 0.0826. The first-order valence-electron chi connectivity index (χ1n) is 5.65. The first-order chi connectivity index (χ1) is 9.81. The highest BCUT2D eigenvalue weighted by atomic mass is 32.2. The highest BCUT2D eigenvalue weighted by molar-refractivity contribution is 7.92. The van der Waals surface area contributed by atoms with E-state index in [1.807, 2.05) is 0 Å². The largest absolute Gasteiger partial charge is 0.507 e. The highest BCUT2D eigenvalue weighted by Crippen LogP contribution is 2.24. The Kier molecular flexibility index (Phi) is 3.81. The maximum Gasteiger partial charge on any atom is 0.339 e. The van der Waals surface area contributed by atoms with Gasteiger partial charge in [0.25, 0.3) is 10.0 Å². The fraction of sp³-hybridized carbons (Fsp3) is 0. The normalized spacial score (nSPS) is 11.1. The fourth-order valence-electron chi connectivity index (χ4n) is 1.65. The van der Waals surface area contributed by atoms with Gasteiger partial charge in [0.15, 0.2) is 0 Å². The van der Waals surface area contributed by atoms with Crippen LogP contribution in [0.4, 0.5) is 10.1 Å². The second-order valence-corrected chi connectivity index (χ2v) is 5.72. The molecule has 0 bridgehead atoms. The van der Waals surface area contributed by atoms with Crippen LogP contribution in [0.3, 0.4) is 0 Å². The quantitative estimate of drug-likeness (QED) is 0.801. The molecule has 0 aliphatic carbocycles. The van der Waals surface area contributed by atoms with E-state index >= 15 is 0 Å². The molecule has 0 saturated heterocycles. The first-order valence-corrected chi connectivity index (χ1v) is 7.13. The molecule has 6 nitrogen and oxygen atoms in total. The lowest BCUT2D eigenvalue weighted by Crippen LogP contribution is -2.14. The van der Waals surface area contributed by atoms with Crippen molar-refractivity contribution >= 4 is 21.7 Å². The summed E-state index contributed by atoms with van der Waals surface area (Å²) in [6.07, 6.45) is 0. The molecule has 0 unspecified atom stereocenters. The van der Waals surface area contributed by atoms with Crippen molar-refractivity contribution in [2.24, 2.45) is 0 Å². The molecule has 110 valence electrons. The van der Waals surface area contributed by atoms with E-state index in [0.29, 0.717) is 0 Å². The summed E-state index contributed by atoms with van der Waals surface area (Å²) in [5.41, 5.74) is -0.454. The molecule has 0 saturated carbocycles. The number of halogens is 1. The van der Waals surface area contributed by atoms with E-state index in [1.165, 1.54) is 12.1 Å². The van der Waals surface area contributed by atoms with Gasteiger partial charge >= 0.3 is 5.97 Å². The zero-order valence-electron chi connectivity index (χ0n) is 10.4. The van der Waals surface area contributed by atoms with Gasteiger partial charge in [-0.2, -0.15) is 0 Å². The van der Waals surface area contributed by atoms with Gasteiger partial charge in [-0.05, 0) is 24.3 Å². The predicted molar refractivity (Wildman–Crippen MR) is 72.3 cm³/mol. The van der Waals surface area contributed by atoms with Crippen LogP contribution in [0.25, 0.3) is 0 Å². The van der Waals surface area contributed by atoms with E-state index in [2.05, 4.69) is 4.72 Å². The van der Waals surface area contributed by atoms with Gasteiger partial charge < -0.3 is 10.2 Å². The second kappa shape index (κ2) is 5.41. The van der Waals surface area contributed by atoms with E-state index in [0.717, 1.165) is 30.3 Å². The molecule has 2 aromatic carbocycles. The molecule has 21 heavy (non-hydrogen) atoms. The lowest BCUT2D eigenvalue weighted by Gasteiger charge is -2.09. The maximum atomic E-state index is 13.5. The molecule has 0 fully saturated rings. The molecular formula is C13H10FNO5S. The minimum Gasteiger partial charge on any atom is -0.507 e. The number of aromatic hydroxyl groups is 1. The third kappa shape index (κ3) is 3.11. The minimum atomic E-state index is -4.18. The van der Waals surface area contributed by atoms with Crippen LogP contribution in [0, 0.1) is 5.82 Å². The number of anilines is 1. The molecule has 8 heteroatoms. The summed E-state index contributed by atoms with van der Waals surface area (Å²) in [6, 6.07) is 7.92. The first kappa shape index (κ1) is 14.8. The lowest BCUT2D eigenvalue weighted by molar-refractivity contribution is 0.0694. The van der Waals surface area contributed by atoms with Crippen molar-refractivity contribution in [3.8, 4) is 5.75 Å². The number of carbonyl (C=O) groups is 1. The van der Waals surface area contributed by atoms with Crippen molar-refractivity contribution < 1.29 is 27.8 Å². The summed E-state index contributed by atoms with van der Waals surface area (Å²) in [5.74, 6) is -2.87. The van der Waals surface area contributed by atoms with Gasteiger partial charge in [0.05, 0.1) is 5.69 Å². The summed E-state index contributed by atoms with van der Waals surface area (Å²) in [5, 5.41) is 18.2. The van der Waals surface area contributed by atoms with E-state index < -0.39 is 32.5 Å². The van der Waals surface area contributed by atoms with Crippen LogP contribution < -0.4 is 4.72 Å². The summed E-state index contributed by atoms with van der Waals surface area (Å²) < 4.78 is 39.6. The van der Waals surface area contributed by atoms with Crippen LogP contribution in [-0.4, -0.2) is 24.6 Å². The Balaban J connectivity index is 2.36. The second-order valence-electron chi connectivity index (χ2n) is 4.07. The van der Waals surface area contributed by atoms with Gasteiger partial charge in [0, 0.05) is 6.07 Å². The van der Waals surface area contributed by atoms with Gasteiger partial charge in [-0.15, -0.1) is 0 Å². The standard InChI is InChI=1S/C13H10FNO5S/c14-10-3-1-2-4-12(10)21(19,20)15-8-5-6-9(13(17)18)11(16)7-8/h1-7,15-16H,(H,17,18). The van der Waals surface area contributed by atoms with Gasteiger partial charge in [-0.3, -0.25) is 4.72 Å². The third-order valence-electron chi connectivity index (χ3n) is 2.61. The molecule has 2 aromatic rings. The van der Waals surface area contributed by atoms with Crippen molar-refractivity contribution in [2.45, 2.75) is 4.90 Å². The molecule has 0 aromatic heterocycles.